The molecule has 1 fully saturated rings. The minimum atomic E-state index is -0.660. The molecule has 0 aliphatic carbocycles. The van der Waals surface area contributed by atoms with Crippen molar-refractivity contribution in [3.8, 4) is 0 Å². The van der Waals surface area contributed by atoms with Crippen LogP contribution in [0.15, 0.2) is 36.4 Å². The molecule has 1 amide bonds. The summed E-state index contributed by atoms with van der Waals surface area (Å²) in [7, 11) is 0. The lowest BCUT2D eigenvalue weighted by atomic mass is 10.1. The van der Waals surface area contributed by atoms with Crippen molar-refractivity contribution in [2.45, 2.75) is 0 Å². The van der Waals surface area contributed by atoms with Gasteiger partial charge in [-0.3, -0.25) is 30.3 Å². The normalized spacial score (nSPS) is 13.4. The molecule has 0 radical (unpaired) electrons. The van der Waals surface area contributed by atoms with E-state index >= 15 is 0 Å². The minimum Gasteiger partial charge on any atom is -0.378 e. The molecule has 13 heteroatoms. The van der Waals surface area contributed by atoms with E-state index in [1.807, 2.05) is 4.90 Å². The average Bonchev–Trinajstić information content (AvgIpc) is 2.75. The maximum atomic E-state index is 12.5. The fraction of sp³-hybridized carbons (Fsp3) is 0.222. The highest BCUT2D eigenvalue weighted by Gasteiger charge is 2.23. The molecule has 1 heterocycles. The number of anilines is 2. The van der Waals surface area contributed by atoms with Gasteiger partial charge < -0.3 is 15.0 Å². The zero-order valence-corrected chi connectivity index (χ0v) is 17.4. The summed E-state index contributed by atoms with van der Waals surface area (Å²) in [5, 5.41) is 27.3. The first-order chi connectivity index (χ1) is 14.8. The molecule has 2 aromatic rings. The highest BCUT2D eigenvalue weighted by atomic mass is 35.5. The van der Waals surface area contributed by atoms with E-state index in [0.717, 1.165) is 6.07 Å². The van der Waals surface area contributed by atoms with E-state index in [0.29, 0.717) is 32.0 Å². The van der Waals surface area contributed by atoms with E-state index in [9.17, 15) is 25.0 Å². The number of non-ortho nitro benzene ring substituents is 1. The van der Waals surface area contributed by atoms with Crippen molar-refractivity contribution in [1.82, 2.24) is 5.32 Å². The summed E-state index contributed by atoms with van der Waals surface area (Å²) in [4.78, 5) is 35.5. The first kappa shape index (κ1) is 22.3. The number of hydrogen-bond donors (Lipinski definition) is 2. The van der Waals surface area contributed by atoms with Crippen molar-refractivity contribution >= 4 is 57.6 Å². The van der Waals surface area contributed by atoms with Crippen LogP contribution in [0.3, 0.4) is 0 Å². The third-order valence-electron chi connectivity index (χ3n) is 4.42. The SMILES string of the molecule is O=C(NC(=S)Nc1ccc([N+](=O)[O-])cc1Cl)c1ccc(N2CCOCC2)c([N+](=O)[O-])c1. The van der Waals surface area contributed by atoms with Crippen molar-refractivity contribution in [2.75, 3.05) is 36.5 Å². The predicted octanol–water partition coefficient (Wildman–Crippen LogP) is 3.12. The fourth-order valence-electron chi connectivity index (χ4n) is 2.93. The Bertz CT molecular complexity index is 1060. The monoisotopic (exact) mass is 465 g/mol. The second-order valence-corrected chi connectivity index (χ2v) is 7.20. The molecular weight excluding hydrogens is 450 g/mol. The lowest BCUT2D eigenvalue weighted by Gasteiger charge is -2.28. The number of carbonyl (C=O) groups excluding carboxylic acids is 1. The van der Waals surface area contributed by atoms with E-state index in [1.165, 1.54) is 30.3 Å². The van der Waals surface area contributed by atoms with Crippen LogP contribution in [-0.2, 0) is 4.74 Å². The molecule has 2 N–H and O–H groups in total. The number of nitrogens with one attached hydrogen (secondary N) is 2. The van der Waals surface area contributed by atoms with Crippen molar-refractivity contribution in [3.63, 3.8) is 0 Å². The van der Waals surface area contributed by atoms with E-state index in [2.05, 4.69) is 10.6 Å². The number of halogens is 1. The largest absolute Gasteiger partial charge is 0.378 e. The van der Waals surface area contributed by atoms with E-state index < -0.39 is 15.8 Å². The third kappa shape index (κ3) is 5.42. The summed E-state index contributed by atoms with van der Waals surface area (Å²) in [5.41, 5.74) is 0.307. The molecule has 31 heavy (non-hydrogen) atoms. The quantitative estimate of drug-likeness (QED) is 0.387. The number of morpholine rings is 1. The van der Waals surface area contributed by atoms with Crippen molar-refractivity contribution in [1.29, 1.82) is 0 Å². The molecule has 2 aromatic carbocycles. The molecule has 0 unspecified atom stereocenters. The highest BCUT2D eigenvalue weighted by molar-refractivity contribution is 7.80. The summed E-state index contributed by atoms with van der Waals surface area (Å²) in [5.74, 6) is -0.660. The third-order valence-corrected chi connectivity index (χ3v) is 4.94. The van der Waals surface area contributed by atoms with E-state index in [4.69, 9.17) is 28.6 Å². The van der Waals surface area contributed by atoms with Gasteiger partial charge in [0.1, 0.15) is 5.69 Å². The van der Waals surface area contributed by atoms with Gasteiger partial charge in [0.25, 0.3) is 17.3 Å². The number of amides is 1. The van der Waals surface area contributed by atoms with Gasteiger partial charge in [0.2, 0.25) is 0 Å². The van der Waals surface area contributed by atoms with Crippen molar-refractivity contribution < 1.29 is 19.4 Å². The standard InChI is InChI=1S/C18H16ClN5O6S/c19-13-10-12(23(26)27)2-3-14(13)20-18(31)21-17(25)11-1-4-15(16(9-11)24(28)29)22-5-7-30-8-6-22/h1-4,9-10H,5-8H2,(H2,20,21,25,31). The lowest BCUT2D eigenvalue weighted by Crippen LogP contribution is -2.37. The predicted molar refractivity (Wildman–Crippen MR) is 118 cm³/mol. The molecule has 1 aliphatic heterocycles. The van der Waals surface area contributed by atoms with Gasteiger partial charge in [-0.2, -0.15) is 0 Å². The average molecular weight is 466 g/mol. The summed E-state index contributed by atoms with van der Waals surface area (Å²) in [6.07, 6.45) is 0. The Hall–Kier alpha value is -3.35. The van der Waals surface area contributed by atoms with Gasteiger partial charge in [0, 0.05) is 36.9 Å². The van der Waals surface area contributed by atoms with Gasteiger partial charge in [-0.25, -0.2) is 0 Å². The number of benzene rings is 2. The maximum absolute atomic E-state index is 12.5. The first-order valence-electron chi connectivity index (χ1n) is 8.93. The molecule has 0 saturated carbocycles. The number of thiocarbonyl (C=S) groups is 1. The molecule has 11 nitrogen and oxygen atoms in total. The Labute approximate surface area is 186 Å². The number of nitro benzene ring substituents is 2. The molecule has 0 spiro atoms. The van der Waals surface area contributed by atoms with Gasteiger partial charge in [0.15, 0.2) is 5.11 Å². The van der Waals surface area contributed by atoms with Gasteiger partial charge in [-0.1, -0.05) is 11.6 Å². The Balaban J connectivity index is 1.72. The van der Waals surface area contributed by atoms with Crippen LogP contribution in [0.4, 0.5) is 22.7 Å². The lowest BCUT2D eigenvalue weighted by molar-refractivity contribution is -0.384. The second kappa shape index (κ2) is 9.64. The molecule has 0 bridgehead atoms. The van der Waals surface area contributed by atoms with Crippen molar-refractivity contribution in [2.24, 2.45) is 0 Å². The van der Waals surface area contributed by atoms with E-state index in [-0.39, 0.29) is 32.8 Å². The van der Waals surface area contributed by atoms with Gasteiger partial charge in [0.05, 0.1) is 33.8 Å². The smallest absolute Gasteiger partial charge is 0.293 e. The maximum Gasteiger partial charge on any atom is 0.293 e. The van der Waals surface area contributed by atoms with Crippen LogP contribution >= 0.6 is 23.8 Å². The van der Waals surface area contributed by atoms with E-state index in [1.54, 1.807) is 0 Å². The number of ether oxygens (including phenoxy) is 1. The number of hydrogen-bond acceptors (Lipinski definition) is 8. The molecule has 1 aliphatic rings. The second-order valence-electron chi connectivity index (χ2n) is 6.39. The van der Waals surface area contributed by atoms with Crippen LogP contribution in [0.2, 0.25) is 5.02 Å². The van der Waals surface area contributed by atoms with Crippen LogP contribution in [-0.4, -0.2) is 47.2 Å². The Kier molecular flexibility index (Phi) is 6.95. The first-order valence-corrected chi connectivity index (χ1v) is 9.72. The number of carbonyl (C=O) groups is 1. The van der Waals surface area contributed by atoms with Gasteiger partial charge >= 0.3 is 0 Å². The fourth-order valence-corrected chi connectivity index (χ4v) is 3.36. The number of rotatable bonds is 5. The molecule has 3 rings (SSSR count). The Morgan fingerprint density at radius 2 is 1.81 bits per heavy atom. The molecule has 0 atom stereocenters. The van der Waals surface area contributed by atoms with Crippen LogP contribution < -0.4 is 15.5 Å². The molecule has 0 aromatic heterocycles. The topological polar surface area (TPSA) is 140 Å². The minimum absolute atomic E-state index is 0.0382. The molecular formula is C18H16ClN5O6S. The van der Waals surface area contributed by atoms with Gasteiger partial charge in [-0.05, 0) is 30.4 Å². The summed E-state index contributed by atoms with van der Waals surface area (Å²) < 4.78 is 5.26. The Morgan fingerprint density at radius 1 is 1.10 bits per heavy atom. The van der Waals surface area contributed by atoms with Crippen LogP contribution in [0.25, 0.3) is 0 Å². The highest BCUT2D eigenvalue weighted by Crippen LogP contribution is 2.30. The van der Waals surface area contributed by atoms with Crippen LogP contribution in [0.5, 0.6) is 0 Å². The number of nitro groups is 2. The Morgan fingerprint density at radius 3 is 2.42 bits per heavy atom. The molecule has 162 valence electrons. The van der Waals surface area contributed by atoms with Crippen molar-refractivity contribution in [3.05, 3.63) is 67.2 Å². The molecule has 1 saturated heterocycles. The number of nitrogens with zero attached hydrogens (tertiary/aromatic N) is 3. The van der Waals surface area contributed by atoms with Gasteiger partial charge in [-0.15, -0.1) is 0 Å². The zero-order chi connectivity index (χ0) is 22.5. The zero-order valence-electron chi connectivity index (χ0n) is 15.9. The van der Waals surface area contributed by atoms with Crippen LogP contribution in [0, 0.1) is 20.2 Å². The van der Waals surface area contributed by atoms with Crippen LogP contribution in [0.1, 0.15) is 10.4 Å². The summed E-state index contributed by atoms with van der Waals surface area (Å²) in [6, 6.07) is 7.88. The summed E-state index contributed by atoms with van der Waals surface area (Å²) in [6.45, 7) is 1.95. The summed E-state index contributed by atoms with van der Waals surface area (Å²) >= 11 is 11.1.